The topological polar surface area (TPSA) is 106 Å². The summed E-state index contributed by atoms with van der Waals surface area (Å²) in [6, 6.07) is 1.57. The maximum absolute atomic E-state index is 12.7. The molecule has 0 aromatic heterocycles. The van der Waals surface area contributed by atoms with Gasteiger partial charge in [0.1, 0.15) is 11.4 Å². The first-order chi connectivity index (χ1) is 7.81. The monoisotopic (exact) mass is 266 g/mol. The Morgan fingerprint density at radius 3 is 2.24 bits per heavy atom. The number of benzene rings is 1. The fraction of sp³-hybridized carbons (Fsp3) is 0.222. The lowest BCUT2D eigenvalue weighted by atomic mass is 10.2. The number of nitrogens with two attached hydrogens (primary N) is 2. The summed E-state index contributed by atoms with van der Waals surface area (Å²) in [5.74, 6) is -3.91. The van der Waals surface area contributed by atoms with Crippen LogP contribution in [0.5, 0.6) is 5.75 Å². The summed E-state index contributed by atoms with van der Waals surface area (Å²) in [7, 11) is -1.07. The van der Waals surface area contributed by atoms with Gasteiger partial charge in [-0.15, -0.1) is 0 Å². The molecule has 17 heavy (non-hydrogen) atoms. The van der Waals surface area contributed by atoms with E-state index in [9.17, 15) is 17.8 Å². The van der Waals surface area contributed by atoms with Crippen LogP contribution in [0.4, 0.5) is 8.78 Å². The van der Waals surface area contributed by atoms with Gasteiger partial charge >= 0.3 is 0 Å². The Kier molecular flexibility index (Phi) is 6.29. The van der Waals surface area contributed by atoms with Crippen LogP contribution in [-0.2, 0) is 11.0 Å². The fourth-order valence-electron chi connectivity index (χ4n) is 0.767. The quantitative estimate of drug-likeness (QED) is 0.721. The summed E-state index contributed by atoms with van der Waals surface area (Å²) >= 11 is 0. The second kappa shape index (κ2) is 6.92. The first-order valence-electron chi connectivity index (χ1n) is 4.40. The van der Waals surface area contributed by atoms with Crippen LogP contribution in [0.25, 0.3) is 0 Å². The van der Waals surface area contributed by atoms with Gasteiger partial charge in [0.2, 0.25) is 0 Å². The molecule has 0 saturated carbocycles. The van der Waals surface area contributed by atoms with Gasteiger partial charge in [-0.1, -0.05) is 6.92 Å². The summed E-state index contributed by atoms with van der Waals surface area (Å²) in [6.07, 6.45) is 0. The highest BCUT2D eigenvalue weighted by Crippen LogP contribution is 2.20. The fourth-order valence-corrected chi connectivity index (χ4v) is 0.767. The van der Waals surface area contributed by atoms with Crippen LogP contribution in [-0.4, -0.2) is 21.0 Å². The summed E-state index contributed by atoms with van der Waals surface area (Å²) in [5, 5.41) is 13.5. The molecular weight excluding hydrogens is 254 g/mol. The van der Waals surface area contributed by atoms with E-state index in [0.717, 1.165) is 12.1 Å². The molecule has 0 radical (unpaired) electrons. The number of aromatic hydroxyl groups is 1. The number of halogens is 2. The van der Waals surface area contributed by atoms with Crippen molar-refractivity contribution in [2.24, 2.45) is 10.9 Å². The molecule has 1 aromatic carbocycles. The van der Waals surface area contributed by atoms with Crippen LogP contribution in [0.15, 0.2) is 12.1 Å². The van der Waals surface area contributed by atoms with Gasteiger partial charge in [0, 0.05) is 5.75 Å². The molecule has 0 bridgehead atoms. The maximum atomic E-state index is 12.7. The number of hydrogen-bond acceptors (Lipinski definition) is 3. The molecule has 0 heterocycles. The number of rotatable bonds is 2. The molecule has 0 spiro atoms. The van der Waals surface area contributed by atoms with Crippen molar-refractivity contribution in [2.75, 3.05) is 5.75 Å². The van der Waals surface area contributed by atoms with E-state index in [1.165, 1.54) is 0 Å². The zero-order chi connectivity index (χ0) is 13.6. The van der Waals surface area contributed by atoms with Gasteiger partial charge in [-0.3, -0.25) is 9.93 Å². The molecular formula is C9H12F2N2O3S. The van der Waals surface area contributed by atoms with E-state index in [-0.39, 0.29) is 0 Å². The molecule has 1 rings (SSSR count). The van der Waals surface area contributed by atoms with Crippen molar-refractivity contribution in [3.63, 3.8) is 0 Å². The van der Waals surface area contributed by atoms with Crippen molar-refractivity contribution in [1.29, 1.82) is 0 Å². The third-order valence-electron chi connectivity index (χ3n) is 1.60. The average molecular weight is 266 g/mol. The second-order valence-electron chi connectivity index (χ2n) is 2.79. The van der Waals surface area contributed by atoms with Gasteiger partial charge in [0.25, 0.3) is 5.91 Å². The molecule has 0 fully saturated rings. The van der Waals surface area contributed by atoms with Crippen molar-refractivity contribution >= 4 is 16.9 Å². The summed E-state index contributed by atoms with van der Waals surface area (Å²) in [6.45, 7) is 1.77. The first-order valence-corrected chi connectivity index (χ1v) is 5.79. The lowest BCUT2D eigenvalue weighted by Crippen LogP contribution is -2.15. The molecule has 1 unspecified atom stereocenters. The molecule has 0 saturated heterocycles. The van der Waals surface area contributed by atoms with Gasteiger partial charge in [0.05, 0.1) is 11.0 Å². The van der Waals surface area contributed by atoms with Crippen molar-refractivity contribution in [2.45, 2.75) is 6.92 Å². The van der Waals surface area contributed by atoms with Crippen LogP contribution in [0.2, 0.25) is 0 Å². The van der Waals surface area contributed by atoms with Gasteiger partial charge in [-0.05, 0) is 12.1 Å². The molecule has 5 N–H and O–H groups in total. The average Bonchev–Trinajstić information content (AvgIpc) is 2.24. The highest BCUT2D eigenvalue weighted by Gasteiger charge is 2.17. The van der Waals surface area contributed by atoms with Crippen LogP contribution in [0.1, 0.15) is 17.3 Å². The number of amides is 1. The smallest absolute Gasteiger partial charge is 0.254 e. The zero-order valence-electron chi connectivity index (χ0n) is 8.94. The van der Waals surface area contributed by atoms with E-state index < -0.39 is 39.8 Å². The summed E-state index contributed by atoms with van der Waals surface area (Å²) in [4.78, 5) is 10.4. The van der Waals surface area contributed by atoms with Crippen LogP contribution in [0.3, 0.4) is 0 Å². The van der Waals surface area contributed by atoms with Crippen LogP contribution in [0, 0.1) is 11.6 Å². The predicted molar refractivity (Wildman–Crippen MR) is 59.4 cm³/mol. The Morgan fingerprint density at radius 2 is 1.94 bits per heavy atom. The number of phenols is 1. The van der Waals surface area contributed by atoms with Crippen LogP contribution < -0.4 is 10.9 Å². The molecule has 0 aliphatic rings. The van der Waals surface area contributed by atoms with E-state index >= 15 is 0 Å². The Hall–Kier alpha value is -1.54. The summed E-state index contributed by atoms with van der Waals surface area (Å²) in [5.41, 5.74) is 3.73. The van der Waals surface area contributed by atoms with Gasteiger partial charge in [0.15, 0.2) is 11.6 Å². The number of carbonyl (C=O) groups excluding carboxylic acids is 1. The van der Waals surface area contributed by atoms with E-state index in [4.69, 9.17) is 10.2 Å². The number of carbonyl (C=O) groups is 1. The number of hydrogen-bond donors (Lipinski definition) is 3. The third-order valence-corrected chi connectivity index (χ3v) is 2.17. The van der Waals surface area contributed by atoms with Crippen molar-refractivity contribution in [3.8, 4) is 5.75 Å². The Morgan fingerprint density at radius 1 is 1.47 bits per heavy atom. The Bertz CT molecular complexity index is 440. The Labute approximate surface area is 99.0 Å². The van der Waals surface area contributed by atoms with E-state index in [1.807, 2.05) is 0 Å². The number of phenolic OH excluding ortho intramolecular Hbond substituents is 1. The standard InChI is InChI=1S/C7H5F2NO2.C2H7NOS/c8-3-1-2-4(11)6(9)5(3)7(10)12;1-2-5(3)4/h1-2,11H,(H2,10,12);2-3H2,1H3. The lowest BCUT2D eigenvalue weighted by molar-refractivity contribution is 0.0991. The molecule has 8 heteroatoms. The van der Waals surface area contributed by atoms with Crippen molar-refractivity contribution < 1.29 is 22.9 Å². The molecule has 1 amide bonds. The molecule has 1 atom stereocenters. The molecule has 5 nitrogen and oxygen atoms in total. The summed E-state index contributed by atoms with van der Waals surface area (Å²) < 4.78 is 35.1. The third kappa shape index (κ3) is 4.87. The molecule has 0 aliphatic heterocycles. The lowest BCUT2D eigenvalue weighted by Gasteiger charge is -2.00. The largest absolute Gasteiger partial charge is 0.505 e. The van der Waals surface area contributed by atoms with E-state index in [0.29, 0.717) is 5.75 Å². The maximum Gasteiger partial charge on any atom is 0.254 e. The van der Waals surface area contributed by atoms with Crippen LogP contribution >= 0.6 is 0 Å². The zero-order valence-corrected chi connectivity index (χ0v) is 9.76. The van der Waals surface area contributed by atoms with Gasteiger partial charge in [-0.2, -0.15) is 0 Å². The highest BCUT2D eigenvalue weighted by atomic mass is 32.2. The first kappa shape index (κ1) is 15.5. The van der Waals surface area contributed by atoms with Gasteiger partial charge in [-0.25, -0.2) is 13.0 Å². The van der Waals surface area contributed by atoms with Crippen molar-refractivity contribution in [3.05, 3.63) is 29.3 Å². The molecule has 96 valence electrons. The molecule has 0 aliphatic carbocycles. The molecule has 1 aromatic rings. The minimum absolute atomic E-state index is 0.556. The Balaban J connectivity index is 0.000000437. The van der Waals surface area contributed by atoms with E-state index in [2.05, 4.69) is 5.73 Å². The predicted octanol–water partition coefficient (Wildman–Crippen LogP) is 0.398. The van der Waals surface area contributed by atoms with E-state index in [1.54, 1.807) is 6.92 Å². The normalized spacial score (nSPS) is 11.3. The van der Waals surface area contributed by atoms with Crippen molar-refractivity contribution in [1.82, 2.24) is 0 Å². The highest BCUT2D eigenvalue weighted by molar-refractivity contribution is 7.82. The number of primary amides is 1. The minimum atomic E-state index is -1.33. The SMILES string of the molecule is CCS(N)=O.NC(=O)c1c(F)ccc(O)c1F. The minimum Gasteiger partial charge on any atom is -0.505 e. The second-order valence-corrected chi connectivity index (χ2v) is 4.13. The van der Waals surface area contributed by atoms with Gasteiger partial charge < -0.3 is 10.8 Å².